The molecule has 0 unspecified atom stereocenters. The second kappa shape index (κ2) is 6.80. The average Bonchev–Trinajstić information content (AvgIpc) is 2.46. The number of carboxylic acid groups (broad SMARTS) is 1. The van der Waals surface area contributed by atoms with E-state index in [0.29, 0.717) is 5.75 Å². The van der Waals surface area contributed by atoms with Crippen LogP contribution in [-0.2, 0) is 11.2 Å². The number of benzene rings is 1. The number of fused-ring (bicyclic) bond motifs is 1. The molecule has 1 aromatic heterocycles. The Bertz CT molecular complexity index is 670. The summed E-state index contributed by atoms with van der Waals surface area (Å²) in [7, 11) is 1.63. The fraction of sp³-hybridized carbons (Fsp3) is 0.375. The van der Waals surface area contributed by atoms with Gasteiger partial charge in [-0.25, -0.2) is 4.98 Å². The predicted octanol–water partition coefficient (Wildman–Crippen LogP) is 2.35. The van der Waals surface area contributed by atoms with Crippen molar-refractivity contribution in [3.63, 3.8) is 0 Å². The Labute approximate surface area is 128 Å². The third-order valence-electron chi connectivity index (χ3n) is 3.36. The molecule has 0 bridgehead atoms. The lowest BCUT2D eigenvalue weighted by Gasteiger charge is -2.15. The van der Waals surface area contributed by atoms with Crippen LogP contribution in [0.5, 0.6) is 5.75 Å². The molecule has 0 saturated heterocycles. The van der Waals surface area contributed by atoms with E-state index in [2.05, 4.69) is 11.9 Å². The van der Waals surface area contributed by atoms with Gasteiger partial charge in [0, 0.05) is 27.7 Å². The fourth-order valence-corrected chi connectivity index (χ4v) is 3.62. The number of pyridine rings is 1. The number of nitrogens with zero attached hydrogens (tertiary/aromatic N) is 1. The van der Waals surface area contributed by atoms with Crippen molar-refractivity contribution in [2.24, 2.45) is 0 Å². The van der Waals surface area contributed by atoms with Gasteiger partial charge in [0.25, 0.3) is 0 Å². The van der Waals surface area contributed by atoms with E-state index in [-0.39, 0.29) is 6.42 Å². The van der Waals surface area contributed by atoms with E-state index in [9.17, 15) is 9.90 Å². The molecule has 0 radical (unpaired) electrons. The number of ether oxygens (including phenoxy) is 1. The second-order valence-corrected chi connectivity index (χ2v) is 5.79. The number of carbonyl (C=O) groups is 1. The molecule has 0 fully saturated rings. The molecule has 0 spiro atoms. The van der Waals surface area contributed by atoms with Crippen LogP contribution >= 0.6 is 11.8 Å². The summed E-state index contributed by atoms with van der Waals surface area (Å²) in [6.07, 6.45) is 0.903. The summed E-state index contributed by atoms with van der Waals surface area (Å²) in [6.45, 7) is 4.06. The van der Waals surface area contributed by atoms with Crippen molar-refractivity contribution >= 4 is 28.6 Å². The van der Waals surface area contributed by atoms with Crippen LogP contribution < -0.4 is 9.84 Å². The molecule has 5 heteroatoms. The molecule has 1 heterocycles. The summed E-state index contributed by atoms with van der Waals surface area (Å²) < 4.78 is 5.38. The second-order valence-electron chi connectivity index (χ2n) is 4.69. The van der Waals surface area contributed by atoms with Gasteiger partial charge in [0.15, 0.2) is 0 Å². The minimum Gasteiger partial charge on any atom is -0.550 e. The standard InChI is InChI=1S/C16H19NO3S/c1-4-11-10(2)17-15-12(6-5-7-13(15)20-3)16(11)21-9-8-14(18)19/h5-7H,4,8-9H2,1-3H3,(H,18,19)/p-1. The topological polar surface area (TPSA) is 62.2 Å². The van der Waals surface area contributed by atoms with Crippen molar-refractivity contribution in [3.05, 3.63) is 29.5 Å². The predicted molar refractivity (Wildman–Crippen MR) is 82.8 cm³/mol. The normalized spacial score (nSPS) is 10.8. The van der Waals surface area contributed by atoms with Gasteiger partial charge in [-0.2, -0.15) is 0 Å². The largest absolute Gasteiger partial charge is 0.550 e. The lowest BCUT2D eigenvalue weighted by atomic mass is 10.1. The molecule has 4 nitrogen and oxygen atoms in total. The van der Waals surface area contributed by atoms with Gasteiger partial charge in [0.1, 0.15) is 11.3 Å². The molecule has 1 aromatic carbocycles. The van der Waals surface area contributed by atoms with Crippen LogP contribution in [0.2, 0.25) is 0 Å². The van der Waals surface area contributed by atoms with Crippen LogP contribution in [0.4, 0.5) is 0 Å². The van der Waals surface area contributed by atoms with Gasteiger partial charge in [-0.3, -0.25) is 0 Å². The highest BCUT2D eigenvalue weighted by atomic mass is 32.2. The van der Waals surface area contributed by atoms with E-state index in [4.69, 9.17) is 4.74 Å². The van der Waals surface area contributed by atoms with E-state index in [0.717, 1.165) is 33.7 Å². The van der Waals surface area contributed by atoms with Crippen LogP contribution in [0.15, 0.2) is 23.1 Å². The zero-order valence-electron chi connectivity index (χ0n) is 12.4. The molecule has 0 amide bonds. The molecule has 2 aromatic rings. The van der Waals surface area contributed by atoms with Crippen LogP contribution in [0.1, 0.15) is 24.6 Å². The molecule has 0 aliphatic heterocycles. The van der Waals surface area contributed by atoms with Crippen LogP contribution in [0, 0.1) is 6.92 Å². The van der Waals surface area contributed by atoms with E-state index in [1.165, 1.54) is 5.56 Å². The number of aryl methyl sites for hydroxylation is 1. The number of methoxy groups -OCH3 is 1. The van der Waals surface area contributed by atoms with Crippen molar-refractivity contribution in [2.45, 2.75) is 31.6 Å². The number of hydrogen-bond acceptors (Lipinski definition) is 5. The molecule has 0 N–H and O–H groups in total. The Balaban J connectivity index is 2.55. The van der Waals surface area contributed by atoms with E-state index in [1.807, 2.05) is 25.1 Å². The van der Waals surface area contributed by atoms with Crippen LogP contribution in [-0.4, -0.2) is 23.8 Å². The molecular formula is C16H18NO3S-. The van der Waals surface area contributed by atoms with Gasteiger partial charge < -0.3 is 14.6 Å². The summed E-state index contributed by atoms with van der Waals surface area (Å²) >= 11 is 1.55. The summed E-state index contributed by atoms with van der Waals surface area (Å²) in [5, 5.41) is 11.6. The summed E-state index contributed by atoms with van der Waals surface area (Å²) in [4.78, 5) is 16.4. The molecule has 21 heavy (non-hydrogen) atoms. The van der Waals surface area contributed by atoms with Crippen molar-refractivity contribution in [1.82, 2.24) is 4.98 Å². The number of carboxylic acids is 1. The number of thioether (sulfide) groups is 1. The highest BCUT2D eigenvalue weighted by Gasteiger charge is 2.14. The highest BCUT2D eigenvalue weighted by molar-refractivity contribution is 7.99. The molecule has 0 saturated carbocycles. The first-order valence-electron chi connectivity index (χ1n) is 6.87. The Kier molecular flexibility index (Phi) is 5.07. The number of rotatable bonds is 6. The van der Waals surface area contributed by atoms with E-state index < -0.39 is 5.97 Å². The van der Waals surface area contributed by atoms with Crippen molar-refractivity contribution in [3.8, 4) is 5.75 Å². The van der Waals surface area contributed by atoms with Crippen LogP contribution in [0.3, 0.4) is 0 Å². The maximum Gasteiger partial charge on any atom is 0.145 e. The first-order valence-corrected chi connectivity index (χ1v) is 7.85. The zero-order chi connectivity index (χ0) is 15.4. The summed E-state index contributed by atoms with van der Waals surface area (Å²) in [5.41, 5.74) is 2.95. The lowest BCUT2D eigenvalue weighted by Crippen LogP contribution is -2.22. The van der Waals surface area contributed by atoms with Crippen LogP contribution in [0.25, 0.3) is 10.9 Å². The number of aliphatic carboxylic acids is 1. The molecule has 0 aliphatic rings. The van der Waals surface area contributed by atoms with Gasteiger partial charge in [-0.15, -0.1) is 11.8 Å². The number of carbonyl (C=O) groups excluding carboxylic acids is 1. The zero-order valence-corrected chi connectivity index (χ0v) is 13.3. The third-order valence-corrected chi connectivity index (χ3v) is 4.52. The van der Waals surface area contributed by atoms with Gasteiger partial charge >= 0.3 is 0 Å². The highest BCUT2D eigenvalue weighted by Crippen LogP contribution is 2.36. The number of hydrogen-bond donors (Lipinski definition) is 0. The Morgan fingerprint density at radius 2 is 2.19 bits per heavy atom. The third kappa shape index (κ3) is 3.29. The van der Waals surface area contributed by atoms with Gasteiger partial charge in [-0.05, 0) is 31.4 Å². The Hall–Kier alpha value is -1.75. The van der Waals surface area contributed by atoms with Gasteiger partial charge in [0.2, 0.25) is 0 Å². The minimum absolute atomic E-state index is 0.0423. The van der Waals surface area contributed by atoms with E-state index in [1.54, 1.807) is 18.9 Å². The Morgan fingerprint density at radius 3 is 2.81 bits per heavy atom. The fourth-order valence-electron chi connectivity index (χ4n) is 2.37. The molecule has 0 atom stereocenters. The molecule has 2 rings (SSSR count). The monoisotopic (exact) mass is 304 g/mol. The number of aromatic nitrogens is 1. The van der Waals surface area contributed by atoms with Crippen molar-refractivity contribution < 1.29 is 14.6 Å². The molecule has 112 valence electrons. The Morgan fingerprint density at radius 1 is 1.43 bits per heavy atom. The minimum atomic E-state index is -1.02. The maximum atomic E-state index is 10.6. The SMILES string of the molecule is CCc1c(C)nc2c(OC)cccc2c1SCCC(=O)[O-]. The summed E-state index contributed by atoms with van der Waals surface area (Å²) in [6, 6.07) is 5.82. The summed E-state index contributed by atoms with van der Waals surface area (Å²) in [5.74, 6) is 0.207. The lowest BCUT2D eigenvalue weighted by molar-refractivity contribution is -0.305. The molecule has 0 aliphatic carbocycles. The number of para-hydroxylation sites is 1. The first-order chi connectivity index (χ1) is 10.1. The maximum absolute atomic E-state index is 10.6. The molecular weight excluding hydrogens is 286 g/mol. The quantitative estimate of drug-likeness (QED) is 0.767. The van der Waals surface area contributed by atoms with E-state index >= 15 is 0 Å². The average molecular weight is 304 g/mol. The van der Waals surface area contributed by atoms with Gasteiger partial charge in [-0.1, -0.05) is 19.1 Å². The first kappa shape index (κ1) is 15.6. The van der Waals surface area contributed by atoms with Crippen molar-refractivity contribution in [1.29, 1.82) is 0 Å². The smallest absolute Gasteiger partial charge is 0.145 e. The van der Waals surface area contributed by atoms with Crippen molar-refractivity contribution in [2.75, 3.05) is 12.9 Å². The van der Waals surface area contributed by atoms with Gasteiger partial charge in [0.05, 0.1) is 7.11 Å².